The predicted octanol–water partition coefficient (Wildman–Crippen LogP) is 2.52. The fourth-order valence-electron chi connectivity index (χ4n) is 1.95. The van der Waals surface area contributed by atoms with E-state index in [1.807, 2.05) is 18.2 Å². The number of benzene rings is 1. The highest BCUT2D eigenvalue weighted by molar-refractivity contribution is 7.22. The third kappa shape index (κ3) is 1.67. The van der Waals surface area contributed by atoms with E-state index in [-0.39, 0.29) is 6.10 Å². The minimum Gasteiger partial charge on any atom is -0.391 e. The summed E-state index contributed by atoms with van der Waals surface area (Å²) in [6.45, 7) is 1.55. The van der Waals surface area contributed by atoms with Crippen LogP contribution in [0.4, 0.5) is 5.13 Å². The largest absolute Gasteiger partial charge is 0.391 e. The summed E-state index contributed by atoms with van der Waals surface area (Å²) in [6, 6.07) is 5.81. The van der Waals surface area contributed by atoms with E-state index in [0.29, 0.717) is 11.6 Å². The molecule has 1 aromatic carbocycles. The molecule has 1 fully saturated rings. The molecule has 0 amide bonds. The fourth-order valence-corrected chi connectivity index (χ4v) is 3.25. The van der Waals surface area contributed by atoms with Gasteiger partial charge in [0.25, 0.3) is 0 Å². The van der Waals surface area contributed by atoms with Crippen molar-refractivity contribution < 1.29 is 5.11 Å². The molecule has 1 aliphatic heterocycles. The van der Waals surface area contributed by atoms with Gasteiger partial charge in [-0.1, -0.05) is 29.0 Å². The predicted molar refractivity (Wildman–Crippen MR) is 67.5 cm³/mol. The maximum absolute atomic E-state index is 9.50. The normalized spacial score (nSPS) is 20.9. The van der Waals surface area contributed by atoms with Gasteiger partial charge in [-0.05, 0) is 18.6 Å². The molecular weight excluding hydrogens is 244 g/mol. The Balaban J connectivity index is 2.02. The van der Waals surface area contributed by atoms with E-state index in [4.69, 9.17) is 11.6 Å². The standard InChI is InChI=1S/C11H11ClN2OS/c12-8-2-1-3-9-10(8)13-11(16-9)14-5-4-7(15)6-14/h1-3,7,15H,4-6H2. The van der Waals surface area contributed by atoms with Crippen molar-refractivity contribution in [1.29, 1.82) is 0 Å². The monoisotopic (exact) mass is 254 g/mol. The van der Waals surface area contributed by atoms with E-state index < -0.39 is 0 Å². The molecule has 16 heavy (non-hydrogen) atoms. The Morgan fingerprint density at radius 2 is 2.38 bits per heavy atom. The number of hydrogen-bond acceptors (Lipinski definition) is 4. The van der Waals surface area contributed by atoms with Crippen LogP contribution in [-0.4, -0.2) is 29.3 Å². The van der Waals surface area contributed by atoms with Gasteiger partial charge < -0.3 is 10.0 Å². The molecule has 1 atom stereocenters. The van der Waals surface area contributed by atoms with Crippen LogP contribution in [0.3, 0.4) is 0 Å². The number of para-hydroxylation sites is 1. The number of aliphatic hydroxyl groups excluding tert-OH is 1. The van der Waals surface area contributed by atoms with Crippen molar-refractivity contribution >= 4 is 38.3 Å². The number of nitrogens with zero attached hydrogens (tertiary/aromatic N) is 2. The summed E-state index contributed by atoms with van der Waals surface area (Å²) in [5.41, 5.74) is 0.866. The van der Waals surface area contributed by atoms with Crippen LogP contribution in [0.25, 0.3) is 10.2 Å². The topological polar surface area (TPSA) is 36.4 Å². The first kappa shape index (κ1) is 10.3. The molecule has 0 spiro atoms. The first-order valence-electron chi connectivity index (χ1n) is 5.22. The second-order valence-electron chi connectivity index (χ2n) is 3.97. The van der Waals surface area contributed by atoms with E-state index in [9.17, 15) is 5.11 Å². The molecule has 2 heterocycles. The number of β-amino-alcohol motifs (C(OH)–C–C–N with tert-alkyl or cyclic N) is 1. The molecule has 3 rings (SSSR count). The van der Waals surface area contributed by atoms with Crippen molar-refractivity contribution in [1.82, 2.24) is 4.98 Å². The molecule has 0 aliphatic carbocycles. The average molecular weight is 255 g/mol. The smallest absolute Gasteiger partial charge is 0.186 e. The van der Waals surface area contributed by atoms with E-state index in [0.717, 1.165) is 28.3 Å². The van der Waals surface area contributed by atoms with Crippen LogP contribution in [0, 0.1) is 0 Å². The molecule has 5 heteroatoms. The summed E-state index contributed by atoms with van der Waals surface area (Å²) in [6.07, 6.45) is 0.603. The van der Waals surface area contributed by atoms with Gasteiger partial charge >= 0.3 is 0 Å². The highest BCUT2D eigenvalue weighted by atomic mass is 35.5. The second kappa shape index (κ2) is 3.87. The summed E-state index contributed by atoms with van der Waals surface area (Å²) >= 11 is 7.71. The molecular formula is C11H11ClN2OS. The highest BCUT2D eigenvalue weighted by Crippen LogP contribution is 2.33. The van der Waals surface area contributed by atoms with Gasteiger partial charge in [0, 0.05) is 13.1 Å². The number of rotatable bonds is 1. The van der Waals surface area contributed by atoms with Crippen LogP contribution in [0.2, 0.25) is 5.02 Å². The van der Waals surface area contributed by atoms with Gasteiger partial charge in [0.05, 0.1) is 15.8 Å². The summed E-state index contributed by atoms with van der Waals surface area (Å²) in [5.74, 6) is 0. The van der Waals surface area contributed by atoms with Crippen LogP contribution in [0.15, 0.2) is 18.2 Å². The maximum atomic E-state index is 9.50. The first-order valence-corrected chi connectivity index (χ1v) is 6.41. The molecule has 1 N–H and O–H groups in total. The van der Waals surface area contributed by atoms with Crippen molar-refractivity contribution in [2.45, 2.75) is 12.5 Å². The Labute approximate surface area is 102 Å². The van der Waals surface area contributed by atoms with E-state index in [1.165, 1.54) is 0 Å². The van der Waals surface area contributed by atoms with Crippen molar-refractivity contribution in [3.63, 3.8) is 0 Å². The molecule has 1 unspecified atom stereocenters. The Kier molecular flexibility index (Phi) is 2.50. The summed E-state index contributed by atoms with van der Waals surface area (Å²) in [7, 11) is 0. The van der Waals surface area contributed by atoms with Crippen molar-refractivity contribution in [3.05, 3.63) is 23.2 Å². The van der Waals surface area contributed by atoms with Crippen LogP contribution in [0.1, 0.15) is 6.42 Å². The zero-order valence-corrected chi connectivity index (χ0v) is 10.1. The number of aromatic nitrogens is 1. The molecule has 0 saturated carbocycles. The number of anilines is 1. The van der Waals surface area contributed by atoms with Gasteiger partial charge in [-0.2, -0.15) is 0 Å². The highest BCUT2D eigenvalue weighted by Gasteiger charge is 2.23. The van der Waals surface area contributed by atoms with Gasteiger partial charge in [-0.25, -0.2) is 4.98 Å². The quantitative estimate of drug-likeness (QED) is 0.850. The van der Waals surface area contributed by atoms with Gasteiger partial charge in [0.15, 0.2) is 5.13 Å². The van der Waals surface area contributed by atoms with Gasteiger partial charge in [0.2, 0.25) is 0 Å². The lowest BCUT2D eigenvalue weighted by Gasteiger charge is -2.12. The van der Waals surface area contributed by atoms with Crippen molar-refractivity contribution in [2.24, 2.45) is 0 Å². The van der Waals surface area contributed by atoms with Gasteiger partial charge in [-0.3, -0.25) is 0 Å². The molecule has 1 aromatic heterocycles. The number of thiazole rings is 1. The van der Waals surface area contributed by atoms with Crippen LogP contribution in [-0.2, 0) is 0 Å². The summed E-state index contributed by atoms with van der Waals surface area (Å²) < 4.78 is 1.10. The minimum absolute atomic E-state index is 0.220. The zero-order valence-electron chi connectivity index (χ0n) is 8.56. The van der Waals surface area contributed by atoms with Gasteiger partial charge in [-0.15, -0.1) is 0 Å². The fraction of sp³-hybridized carbons (Fsp3) is 0.364. The number of hydrogen-bond donors (Lipinski definition) is 1. The lowest BCUT2D eigenvalue weighted by atomic mass is 10.3. The second-order valence-corrected chi connectivity index (χ2v) is 5.39. The minimum atomic E-state index is -0.220. The van der Waals surface area contributed by atoms with Crippen molar-refractivity contribution in [3.8, 4) is 0 Å². The Morgan fingerprint density at radius 3 is 3.06 bits per heavy atom. The SMILES string of the molecule is OC1CCN(c2nc3c(Cl)cccc3s2)C1. The third-order valence-electron chi connectivity index (χ3n) is 2.79. The molecule has 2 aromatic rings. The lowest BCUT2D eigenvalue weighted by molar-refractivity contribution is 0.198. The Hall–Kier alpha value is -0.840. The molecule has 0 radical (unpaired) electrons. The van der Waals surface area contributed by atoms with Crippen LogP contribution < -0.4 is 4.90 Å². The average Bonchev–Trinajstić information content (AvgIpc) is 2.84. The first-order chi connectivity index (χ1) is 7.74. The van der Waals surface area contributed by atoms with Crippen LogP contribution in [0.5, 0.6) is 0 Å². The molecule has 1 aliphatic rings. The molecule has 84 valence electrons. The van der Waals surface area contributed by atoms with Gasteiger partial charge in [0.1, 0.15) is 5.52 Å². The third-order valence-corrected chi connectivity index (χ3v) is 4.18. The lowest BCUT2D eigenvalue weighted by Crippen LogP contribution is -2.20. The number of fused-ring (bicyclic) bond motifs is 1. The number of halogens is 1. The zero-order chi connectivity index (χ0) is 11.1. The molecule has 3 nitrogen and oxygen atoms in total. The van der Waals surface area contributed by atoms with E-state index in [2.05, 4.69) is 9.88 Å². The summed E-state index contributed by atoms with van der Waals surface area (Å²) in [4.78, 5) is 6.65. The van der Waals surface area contributed by atoms with Crippen molar-refractivity contribution in [2.75, 3.05) is 18.0 Å². The Morgan fingerprint density at radius 1 is 1.50 bits per heavy atom. The summed E-state index contributed by atoms with van der Waals surface area (Å²) in [5, 5.41) is 11.2. The molecule has 0 bridgehead atoms. The van der Waals surface area contributed by atoms with Crippen LogP contribution >= 0.6 is 22.9 Å². The molecule has 1 saturated heterocycles. The van der Waals surface area contributed by atoms with E-state index >= 15 is 0 Å². The van der Waals surface area contributed by atoms with E-state index in [1.54, 1.807) is 11.3 Å². The number of aliphatic hydroxyl groups is 1. The maximum Gasteiger partial charge on any atom is 0.186 e. The Bertz CT molecular complexity index is 528.